The average molecular weight is 354 g/mol. The van der Waals surface area contributed by atoms with Gasteiger partial charge in [-0.15, -0.1) is 0 Å². The van der Waals surface area contributed by atoms with Gasteiger partial charge < -0.3 is 9.84 Å². The zero-order chi connectivity index (χ0) is 17.4. The van der Waals surface area contributed by atoms with E-state index in [4.69, 9.17) is 4.74 Å². The van der Waals surface area contributed by atoms with Crippen molar-refractivity contribution in [3.63, 3.8) is 0 Å². The van der Waals surface area contributed by atoms with E-state index < -0.39 is 10.0 Å². The number of aliphatic hydroxyl groups is 1. The van der Waals surface area contributed by atoms with Crippen LogP contribution in [-0.2, 0) is 16.6 Å². The second-order valence-corrected chi connectivity index (χ2v) is 9.07. The van der Waals surface area contributed by atoms with Crippen molar-refractivity contribution in [2.24, 2.45) is 11.3 Å². The van der Waals surface area contributed by atoms with Crippen molar-refractivity contribution in [1.82, 2.24) is 9.21 Å². The van der Waals surface area contributed by atoms with Crippen molar-refractivity contribution in [2.75, 3.05) is 46.2 Å². The molecule has 134 valence electrons. The molecule has 0 aliphatic carbocycles. The molecule has 3 rings (SSSR count). The summed E-state index contributed by atoms with van der Waals surface area (Å²) >= 11 is 0. The van der Waals surface area contributed by atoms with E-state index in [1.54, 1.807) is 7.11 Å². The van der Waals surface area contributed by atoms with E-state index in [-0.39, 0.29) is 17.9 Å². The Balaban J connectivity index is 1.76. The third-order valence-corrected chi connectivity index (χ3v) is 6.70. The summed E-state index contributed by atoms with van der Waals surface area (Å²) in [6, 6.07) is 7.94. The molecule has 0 amide bonds. The molecule has 2 fully saturated rings. The Kier molecular flexibility index (Phi) is 4.88. The van der Waals surface area contributed by atoms with Crippen LogP contribution in [0.2, 0.25) is 0 Å². The molecule has 0 radical (unpaired) electrons. The lowest BCUT2D eigenvalue weighted by Gasteiger charge is -2.43. The molecule has 0 bridgehead atoms. The second kappa shape index (κ2) is 6.63. The number of hydrogen-bond acceptors (Lipinski definition) is 5. The molecule has 6 nitrogen and oxygen atoms in total. The fraction of sp³-hybridized carbons (Fsp3) is 0.647. The number of ether oxygens (including phenoxy) is 1. The highest BCUT2D eigenvalue weighted by atomic mass is 32.2. The van der Waals surface area contributed by atoms with Gasteiger partial charge in [-0.1, -0.05) is 18.2 Å². The van der Waals surface area contributed by atoms with Gasteiger partial charge in [-0.25, -0.2) is 12.7 Å². The van der Waals surface area contributed by atoms with Crippen LogP contribution in [0.3, 0.4) is 0 Å². The Morgan fingerprint density at radius 2 is 2.08 bits per heavy atom. The minimum absolute atomic E-state index is 0.0200. The lowest BCUT2D eigenvalue weighted by atomic mass is 9.74. The molecule has 24 heavy (non-hydrogen) atoms. The van der Waals surface area contributed by atoms with Gasteiger partial charge >= 0.3 is 0 Å². The zero-order valence-electron chi connectivity index (χ0n) is 14.3. The number of hydrogen-bond donors (Lipinski definition) is 1. The number of likely N-dealkylation sites (tertiary alicyclic amines) is 1. The predicted molar refractivity (Wildman–Crippen MR) is 92.3 cm³/mol. The number of sulfonamides is 1. The maximum Gasteiger partial charge on any atom is 0.211 e. The van der Waals surface area contributed by atoms with E-state index in [2.05, 4.69) is 4.90 Å². The maximum absolute atomic E-state index is 11.9. The molecule has 0 saturated carbocycles. The van der Waals surface area contributed by atoms with Crippen LogP contribution in [0.25, 0.3) is 0 Å². The SMILES string of the molecule is COc1ccccc1CN1CC[C@H]2CN(S(C)(=O)=O)C[C@@]2(CO)C1. The summed E-state index contributed by atoms with van der Waals surface area (Å²) in [4.78, 5) is 2.30. The summed E-state index contributed by atoms with van der Waals surface area (Å²) in [6.07, 6.45) is 2.16. The number of fused-ring (bicyclic) bond motifs is 1. The van der Waals surface area contributed by atoms with Gasteiger partial charge in [0.2, 0.25) is 10.0 Å². The van der Waals surface area contributed by atoms with E-state index >= 15 is 0 Å². The standard InChI is InChI=1S/C17H26N2O4S/c1-23-16-6-4-3-5-14(16)9-18-8-7-15-10-19(24(2,21)22)12-17(15,11-18)13-20/h3-6,15,20H,7-13H2,1-2H3/t15-,17+/m0/s1. The molecule has 2 saturated heterocycles. The smallest absolute Gasteiger partial charge is 0.211 e. The van der Waals surface area contributed by atoms with Crippen molar-refractivity contribution in [2.45, 2.75) is 13.0 Å². The van der Waals surface area contributed by atoms with Gasteiger partial charge in [0.25, 0.3) is 0 Å². The molecule has 1 aromatic rings. The molecular formula is C17H26N2O4S. The maximum atomic E-state index is 11.9. The number of aliphatic hydroxyl groups excluding tert-OH is 1. The average Bonchev–Trinajstić information content (AvgIpc) is 2.95. The first-order valence-corrected chi connectivity index (χ1v) is 10.1. The third-order valence-electron chi connectivity index (χ3n) is 5.48. The molecule has 2 aliphatic rings. The van der Waals surface area contributed by atoms with Gasteiger partial charge in [-0.2, -0.15) is 0 Å². The fourth-order valence-electron chi connectivity index (χ4n) is 4.11. The number of para-hydroxylation sites is 1. The van der Waals surface area contributed by atoms with Gasteiger partial charge in [-0.05, 0) is 24.9 Å². The summed E-state index contributed by atoms with van der Waals surface area (Å²) in [5, 5.41) is 10.0. The van der Waals surface area contributed by atoms with Crippen molar-refractivity contribution in [3.8, 4) is 5.75 Å². The third kappa shape index (κ3) is 3.31. The molecule has 7 heteroatoms. The first-order chi connectivity index (χ1) is 11.4. The van der Waals surface area contributed by atoms with Gasteiger partial charge in [-0.3, -0.25) is 4.90 Å². The zero-order valence-corrected chi connectivity index (χ0v) is 15.1. The Hall–Kier alpha value is -1.15. The largest absolute Gasteiger partial charge is 0.496 e. The molecule has 2 atom stereocenters. The summed E-state index contributed by atoms with van der Waals surface area (Å²) < 4.78 is 30.8. The number of methoxy groups -OCH3 is 1. The minimum Gasteiger partial charge on any atom is -0.496 e. The lowest BCUT2D eigenvalue weighted by Crippen LogP contribution is -2.50. The number of rotatable bonds is 5. The predicted octanol–water partition coefficient (Wildman–Crippen LogP) is 0.771. The van der Waals surface area contributed by atoms with Gasteiger partial charge in [0, 0.05) is 37.2 Å². The highest BCUT2D eigenvalue weighted by Crippen LogP contribution is 2.43. The Labute approximate surface area is 144 Å². The van der Waals surface area contributed by atoms with E-state index in [9.17, 15) is 13.5 Å². The van der Waals surface area contributed by atoms with Crippen LogP contribution in [0.4, 0.5) is 0 Å². The normalized spacial score (nSPS) is 28.7. The van der Waals surface area contributed by atoms with Crippen molar-refractivity contribution >= 4 is 10.0 Å². The van der Waals surface area contributed by atoms with Crippen LogP contribution < -0.4 is 4.74 Å². The molecule has 0 aromatic heterocycles. The summed E-state index contributed by atoms with van der Waals surface area (Å²) in [5.74, 6) is 1.09. The first-order valence-electron chi connectivity index (χ1n) is 8.28. The number of piperidine rings is 1. The van der Waals surface area contributed by atoms with Crippen LogP contribution in [-0.4, -0.2) is 68.9 Å². The molecule has 1 aromatic carbocycles. The van der Waals surface area contributed by atoms with Crippen LogP contribution in [0.5, 0.6) is 5.75 Å². The quantitative estimate of drug-likeness (QED) is 0.846. The fourth-order valence-corrected chi connectivity index (χ4v) is 5.06. The summed E-state index contributed by atoms with van der Waals surface area (Å²) in [5.41, 5.74) is 0.757. The number of benzene rings is 1. The molecule has 0 unspecified atom stereocenters. The molecule has 1 N–H and O–H groups in total. The van der Waals surface area contributed by atoms with Crippen molar-refractivity contribution in [3.05, 3.63) is 29.8 Å². The second-order valence-electron chi connectivity index (χ2n) is 7.08. The summed E-state index contributed by atoms with van der Waals surface area (Å²) in [6.45, 7) is 3.32. The minimum atomic E-state index is -3.21. The lowest BCUT2D eigenvalue weighted by molar-refractivity contribution is 0.00860. The molecular weight excluding hydrogens is 328 g/mol. The Bertz CT molecular complexity index is 694. The highest BCUT2D eigenvalue weighted by Gasteiger charge is 2.51. The number of nitrogens with zero attached hydrogens (tertiary/aromatic N) is 2. The van der Waals surface area contributed by atoms with Crippen LogP contribution in [0.15, 0.2) is 24.3 Å². The van der Waals surface area contributed by atoms with E-state index in [1.165, 1.54) is 10.6 Å². The summed E-state index contributed by atoms with van der Waals surface area (Å²) in [7, 11) is -1.54. The first kappa shape index (κ1) is 17.7. The van der Waals surface area contributed by atoms with E-state index in [0.29, 0.717) is 19.6 Å². The Morgan fingerprint density at radius 3 is 2.75 bits per heavy atom. The van der Waals surface area contributed by atoms with Crippen LogP contribution in [0.1, 0.15) is 12.0 Å². The van der Waals surface area contributed by atoms with Crippen LogP contribution in [0, 0.1) is 11.3 Å². The van der Waals surface area contributed by atoms with Crippen molar-refractivity contribution < 1.29 is 18.3 Å². The Morgan fingerprint density at radius 1 is 1.33 bits per heavy atom. The molecule has 0 spiro atoms. The van der Waals surface area contributed by atoms with Gasteiger partial charge in [0.15, 0.2) is 0 Å². The van der Waals surface area contributed by atoms with Crippen LogP contribution >= 0.6 is 0 Å². The van der Waals surface area contributed by atoms with Gasteiger partial charge in [0.1, 0.15) is 5.75 Å². The van der Waals surface area contributed by atoms with Gasteiger partial charge in [0.05, 0.1) is 20.0 Å². The monoisotopic (exact) mass is 354 g/mol. The highest BCUT2D eigenvalue weighted by molar-refractivity contribution is 7.88. The van der Waals surface area contributed by atoms with E-state index in [0.717, 1.165) is 30.8 Å². The molecule has 2 aliphatic heterocycles. The van der Waals surface area contributed by atoms with Crippen molar-refractivity contribution in [1.29, 1.82) is 0 Å². The van der Waals surface area contributed by atoms with E-state index in [1.807, 2.05) is 24.3 Å². The topological polar surface area (TPSA) is 70.1 Å². The molecule has 2 heterocycles.